The van der Waals surface area contributed by atoms with E-state index in [0.717, 1.165) is 40.9 Å². The Balaban J connectivity index is 1.89. The van der Waals surface area contributed by atoms with Crippen molar-refractivity contribution in [3.05, 3.63) is 28.2 Å². The van der Waals surface area contributed by atoms with Crippen LogP contribution < -0.4 is 0 Å². The van der Waals surface area contributed by atoms with Gasteiger partial charge in [0.15, 0.2) is 0 Å². The molecule has 1 saturated heterocycles. The predicted octanol–water partition coefficient (Wildman–Crippen LogP) is 3.02. The van der Waals surface area contributed by atoms with E-state index < -0.39 is 0 Å². The van der Waals surface area contributed by atoms with Gasteiger partial charge < -0.3 is 9.64 Å². The van der Waals surface area contributed by atoms with Gasteiger partial charge in [-0.1, -0.05) is 15.9 Å². The molecule has 0 aliphatic carbocycles. The molecule has 0 spiro atoms. The van der Waals surface area contributed by atoms with Crippen LogP contribution >= 0.6 is 15.9 Å². The van der Waals surface area contributed by atoms with E-state index in [-0.39, 0.29) is 12.0 Å². The first kappa shape index (κ1) is 12.7. The normalized spacial score (nSPS) is 20.6. The number of ether oxygens (including phenoxy) is 1. The van der Waals surface area contributed by atoms with E-state index in [1.54, 1.807) is 0 Å². The van der Waals surface area contributed by atoms with Crippen molar-refractivity contribution in [3.8, 4) is 0 Å². The van der Waals surface area contributed by atoms with E-state index in [9.17, 15) is 4.79 Å². The zero-order valence-corrected chi connectivity index (χ0v) is 12.3. The van der Waals surface area contributed by atoms with Gasteiger partial charge in [0.1, 0.15) is 11.9 Å². The zero-order valence-electron chi connectivity index (χ0n) is 10.7. The molecule has 5 heteroatoms. The lowest BCUT2D eigenvalue weighted by Crippen LogP contribution is -2.40. The summed E-state index contributed by atoms with van der Waals surface area (Å²) in [5.74, 6) is 0.874. The second kappa shape index (κ2) is 4.96. The second-order valence-corrected chi connectivity index (χ2v) is 5.65. The number of hydrogen-bond donors (Lipinski definition) is 0. The number of carbonyl (C=O) groups is 1. The van der Waals surface area contributed by atoms with Gasteiger partial charge in [0.2, 0.25) is 0 Å². The first-order valence-corrected chi connectivity index (χ1v) is 7.27. The van der Waals surface area contributed by atoms with Gasteiger partial charge in [-0.05, 0) is 37.1 Å². The Morgan fingerprint density at radius 2 is 2.42 bits per heavy atom. The standard InChI is InChI=1S/C14H15BrN2O2/c1-2-19-14(18)12-5-6-13-16-11-4-3-10(15)7-9(11)8-17(12)13/h3-4,7,12H,2,5-6,8H2,1H3/t12-/m0/s1. The Morgan fingerprint density at radius 1 is 1.58 bits per heavy atom. The highest BCUT2D eigenvalue weighted by atomic mass is 79.9. The maximum absolute atomic E-state index is 12.0. The first-order valence-electron chi connectivity index (χ1n) is 6.48. The fourth-order valence-electron chi connectivity index (χ4n) is 2.66. The molecule has 0 aromatic heterocycles. The molecule has 1 fully saturated rings. The number of esters is 1. The van der Waals surface area contributed by atoms with Crippen LogP contribution in [0.4, 0.5) is 5.69 Å². The highest BCUT2D eigenvalue weighted by Crippen LogP contribution is 2.34. The van der Waals surface area contributed by atoms with Crippen LogP contribution in [0.2, 0.25) is 0 Å². The molecule has 1 aromatic rings. The summed E-state index contributed by atoms with van der Waals surface area (Å²) in [6, 6.07) is 5.90. The molecule has 0 radical (unpaired) electrons. The van der Waals surface area contributed by atoms with Gasteiger partial charge in [-0.25, -0.2) is 9.79 Å². The van der Waals surface area contributed by atoms with Crippen molar-refractivity contribution in [1.29, 1.82) is 0 Å². The predicted molar refractivity (Wildman–Crippen MR) is 76.4 cm³/mol. The van der Waals surface area contributed by atoms with Gasteiger partial charge in [0, 0.05) is 17.4 Å². The van der Waals surface area contributed by atoms with Crippen molar-refractivity contribution < 1.29 is 9.53 Å². The third-order valence-corrected chi connectivity index (χ3v) is 4.03. The van der Waals surface area contributed by atoms with Crippen molar-refractivity contribution in [2.24, 2.45) is 4.99 Å². The number of aliphatic imine (C=N–C) groups is 1. The van der Waals surface area contributed by atoms with Gasteiger partial charge in [-0.15, -0.1) is 0 Å². The van der Waals surface area contributed by atoms with Crippen LogP contribution in [-0.4, -0.2) is 29.4 Å². The Labute approximate surface area is 120 Å². The third kappa shape index (κ3) is 2.27. The molecule has 0 bridgehead atoms. The molecule has 0 saturated carbocycles. The van der Waals surface area contributed by atoms with E-state index in [0.29, 0.717) is 6.61 Å². The Hall–Kier alpha value is -1.36. The smallest absolute Gasteiger partial charge is 0.328 e. The Bertz CT molecular complexity index is 556. The van der Waals surface area contributed by atoms with E-state index in [4.69, 9.17) is 4.74 Å². The van der Waals surface area contributed by atoms with Crippen molar-refractivity contribution in [2.45, 2.75) is 32.4 Å². The fraction of sp³-hybridized carbons (Fsp3) is 0.429. The van der Waals surface area contributed by atoms with Crippen molar-refractivity contribution in [1.82, 2.24) is 4.90 Å². The summed E-state index contributed by atoms with van der Waals surface area (Å²) in [6.07, 6.45) is 1.64. The van der Waals surface area contributed by atoms with E-state index in [1.807, 2.05) is 19.1 Å². The summed E-state index contributed by atoms with van der Waals surface area (Å²) >= 11 is 3.47. The molecule has 0 amide bonds. The van der Waals surface area contributed by atoms with Crippen molar-refractivity contribution in [2.75, 3.05) is 6.61 Å². The number of halogens is 1. The maximum Gasteiger partial charge on any atom is 0.328 e. The van der Waals surface area contributed by atoms with Crippen molar-refractivity contribution in [3.63, 3.8) is 0 Å². The molecule has 3 rings (SSSR count). The lowest BCUT2D eigenvalue weighted by molar-refractivity contribution is -0.147. The summed E-state index contributed by atoms with van der Waals surface area (Å²) in [5.41, 5.74) is 2.16. The van der Waals surface area contributed by atoms with Gasteiger partial charge >= 0.3 is 5.97 Å². The molecule has 19 heavy (non-hydrogen) atoms. The number of fused-ring (bicyclic) bond motifs is 2. The average Bonchev–Trinajstić information content (AvgIpc) is 2.79. The second-order valence-electron chi connectivity index (χ2n) is 4.74. The van der Waals surface area contributed by atoms with E-state index in [2.05, 4.69) is 31.9 Å². The largest absolute Gasteiger partial charge is 0.464 e. The zero-order chi connectivity index (χ0) is 13.4. The molecular formula is C14H15BrN2O2. The molecule has 2 aliphatic heterocycles. The number of benzene rings is 1. The fourth-order valence-corrected chi connectivity index (χ4v) is 3.07. The topological polar surface area (TPSA) is 41.9 Å². The molecule has 2 aliphatic rings. The highest BCUT2D eigenvalue weighted by molar-refractivity contribution is 9.10. The van der Waals surface area contributed by atoms with Crippen LogP contribution in [-0.2, 0) is 16.1 Å². The van der Waals surface area contributed by atoms with Gasteiger partial charge in [0.25, 0.3) is 0 Å². The molecule has 1 atom stereocenters. The van der Waals surface area contributed by atoms with Crippen LogP contribution in [0.15, 0.2) is 27.7 Å². The number of carbonyl (C=O) groups excluding carboxylic acids is 1. The van der Waals surface area contributed by atoms with Crippen LogP contribution in [0, 0.1) is 0 Å². The number of amidine groups is 1. The lowest BCUT2D eigenvalue weighted by Gasteiger charge is -2.29. The highest BCUT2D eigenvalue weighted by Gasteiger charge is 2.37. The summed E-state index contributed by atoms with van der Waals surface area (Å²) in [6.45, 7) is 3.00. The summed E-state index contributed by atoms with van der Waals surface area (Å²) < 4.78 is 6.18. The first-order chi connectivity index (χ1) is 9.19. The van der Waals surface area contributed by atoms with Gasteiger partial charge in [-0.2, -0.15) is 0 Å². The summed E-state index contributed by atoms with van der Waals surface area (Å²) in [7, 11) is 0. The lowest BCUT2D eigenvalue weighted by atomic mass is 10.1. The van der Waals surface area contributed by atoms with E-state index in [1.165, 1.54) is 0 Å². The van der Waals surface area contributed by atoms with Crippen LogP contribution in [0.3, 0.4) is 0 Å². The van der Waals surface area contributed by atoms with Crippen LogP contribution in [0.25, 0.3) is 0 Å². The van der Waals surface area contributed by atoms with Gasteiger partial charge in [-0.3, -0.25) is 0 Å². The molecule has 4 nitrogen and oxygen atoms in total. The average molecular weight is 323 g/mol. The number of rotatable bonds is 2. The molecule has 100 valence electrons. The van der Waals surface area contributed by atoms with Crippen molar-refractivity contribution >= 4 is 33.4 Å². The minimum atomic E-state index is -0.175. The number of hydrogen-bond acceptors (Lipinski definition) is 4. The molecule has 1 aromatic carbocycles. The molecule has 0 unspecified atom stereocenters. The number of nitrogens with zero attached hydrogens (tertiary/aromatic N) is 2. The summed E-state index contributed by atoms with van der Waals surface area (Å²) in [5, 5.41) is 0. The van der Waals surface area contributed by atoms with Crippen LogP contribution in [0.5, 0.6) is 0 Å². The Morgan fingerprint density at radius 3 is 3.21 bits per heavy atom. The van der Waals surface area contributed by atoms with E-state index >= 15 is 0 Å². The third-order valence-electron chi connectivity index (χ3n) is 3.54. The van der Waals surface area contributed by atoms with Crippen LogP contribution in [0.1, 0.15) is 25.3 Å². The SMILES string of the molecule is CCOC(=O)[C@@H]1CCC2=Nc3ccc(Br)cc3CN21. The summed E-state index contributed by atoms with van der Waals surface area (Å²) in [4.78, 5) is 18.7. The molecule has 0 N–H and O–H groups in total. The minimum absolute atomic E-state index is 0.133. The Kier molecular flexibility index (Phi) is 3.31. The monoisotopic (exact) mass is 322 g/mol. The molecule has 2 heterocycles. The molecular weight excluding hydrogens is 308 g/mol. The minimum Gasteiger partial charge on any atom is -0.464 e. The maximum atomic E-state index is 12.0. The van der Waals surface area contributed by atoms with Gasteiger partial charge in [0.05, 0.1) is 12.3 Å². The quantitative estimate of drug-likeness (QED) is 0.786.